The molecule has 2 rings (SSSR count). The average molecular weight is 342 g/mol. The Bertz CT molecular complexity index is 654. The molecule has 1 heterocycles. The van der Waals surface area contributed by atoms with E-state index in [9.17, 15) is 4.79 Å². The standard InChI is InChI=1S/C20H26N2O3/c1-20(2,12-11-19(23)24)16-7-9-17(10-8-16)25-15-5-14-22-18-6-3-4-13-21-18/h3-4,6-10,13H,5,11-12,14-15H2,1-2H3,(H,21,22)(H,23,24). The van der Waals surface area contributed by atoms with Crippen LogP contribution >= 0.6 is 0 Å². The number of nitrogens with one attached hydrogen (secondary N) is 1. The lowest BCUT2D eigenvalue weighted by Gasteiger charge is -2.24. The smallest absolute Gasteiger partial charge is 0.303 e. The largest absolute Gasteiger partial charge is 0.494 e. The Morgan fingerprint density at radius 3 is 2.60 bits per heavy atom. The lowest BCUT2D eigenvalue weighted by atomic mass is 9.80. The van der Waals surface area contributed by atoms with Gasteiger partial charge in [-0.05, 0) is 48.1 Å². The fraction of sp³-hybridized carbons (Fsp3) is 0.400. The summed E-state index contributed by atoms with van der Waals surface area (Å²) in [6.07, 6.45) is 3.43. The van der Waals surface area contributed by atoms with Gasteiger partial charge in [-0.15, -0.1) is 0 Å². The van der Waals surface area contributed by atoms with E-state index < -0.39 is 5.97 Å². The monoisotopic (exact) mass is 342 g/mol. The fourth-order valence-corrected chi connectivity index (χ4v) is 2.51. The zero-order valence-electron chi connectivity index (χ0n) is 14.9. The third-order valence-electron chi connectivity index (χ3n) is 4.16. The van der Waals surface area contributed by atoms with Crippen molar-refractivity contribution in [2.75, 3.05) is 18.5 Å². The van der Waals surface area contributed by atoms with Crippen molar-refractivity contribution in [3.05, 3.63) is 54.2 Å². The molecule has 0 spiro atoms. The van der Waals surface area contributed by atoms with Gasteiger partial charge >= 0.3 is 5.97 Å². The molecule has 0 bridgehead atoms. The van der Waals surface area contributed by atoms with Crippen LogP contribution in [0.15, 0.2) is 48.7 Å². The Hall–Kier alpha value is -2.56. The maximum Gasteiger partial charge on any atom is 0.303 e. The van der Waals surface area contributed by atoms with Crippen molar-refractivity contribution in [1.82, 2.24) is 4.98 Å². The highest BCUT2D eigenvalue weighted by molar-refractivity contribution is 5.66. The maximum atomic E-state index is 10.8. The number of benzene rings is 1. The number of nitrogens with zero attached hydrogens (tertiary/aromatic N) is 1. The summed E-state index contributed by atoms with van der Waals surface area (Å²) < 4.78 is 5.76. The lowest BCUT2D eigenvalue weighted by molar-refractivity contribution is -0.137. The molecule has 1 aromatic heterocycles. The van der Waals surface area contributed by atoms with Crippen molar-refractivity contribution in [3.63, 3.8) is 0 Å². The van der Waals surface area contributed by atoms with E-state index in [1.165, 1.54) is 0 Å². The van der Waals surface area contributed by atoms with Crippen LogP contribution in [0.25, 0.3) is 0 Å². The summed E-state index contributed by atoms with van der Waals surface area (Å²) in [4.78, 5) is 15.0. The second kappa shape index (κ2) is 9.06. The van der Waals surface area contributed by atoms with E-state index in [0.29, 0.717) is 13.0 Å². The van der Waals surface area contributed by atoms with Crippen molar-refractivity contribution in [2.24, 2.45) is 0 Å². The molecule has 25 heavy (non-hydrogen) atoms. The van der Waals surface area contributed by atoms with Gasteiger partial charge in [0.2, 0.25) is 0 Å². The summed E-state index contributed by atoms with van der Waals surface area (Å²) in [6, 6.07) is 13.7. The molecule has 0 aliphatic carbocycles. The first kappa shape index (κ1) is 18.8. The van der Waals surface area contributed by atoms with Gasteiger partial charge in [-0.3, -0.25) is 4.79 Å². The van der Waals surface area contributed by atoms with Gasteiger partial charge in [0.1, 0.15) is 11.6 Å². The molecule has 0 aliphatic heterocycles. The van der Waals surface area contributed by atoms with Crippen LogP contribution in [0.5, 0.6) is 5.75 Å². The number of ether oxygens (including phenoxy) is 1. The molecule has 1 aromatic carbocycles. The summed E-state index contributed by atoms with van der Waals surface area (Å²) in [5.74, 6) is 0.943. The van der Waals surface area contributed by atoms with Gasteiger partial charge in [0.05, 0.1) is 6.61 Å². The number of rotatable bonds is 10. The first-order chi connectivity index (χ1) is 12.0. The molecule has 0 saturated carbocycles. The first-order valence-electron chi connectivity index (χ1n) is 8.57. The van der Waals surface area contributed by atoms with Crippen LogP contribution < -0.4 is 10.1 Å². The number of aromatic nitrogens is 1. The van der Waals surface area contributed by atoms with Gasteiger partial charge in [0.15, 0.2) is 0 Å². The molecule has 0 saturated heterocycles. The van der Waals surface area contributed by atoms with E-state index in [2.05, 4.69) is 24.1 Å². The minimum atomic E-state index is -0.757. The molecule has 134 valence electrons. The molecule has 0 atom stereocenters. The molecule has 0 aliphatic rings. The minimum absolute atomic E-state index is 0.163. The van der Waals surface area contributed by atoms with Gasteiger partial charge in [-0.2, -0.15) is 0 Å². The predicted octanol–water partition coefficient (Wildman–Crippen LogP) is 4.11. The van der Waals surface area contributed by atoms with Crippen LogP contribution in [0.2, 0.25) is 0 Å². The van der Waals surface area contributed by atoms with Crippen LogP contribution in [-0.4, -0.2) is 29.2 Å². The molecule has 0 amide bonds. The van der Waals surface area contributed by atoms with Gasteiger partial charge in [-0.25, -0.2) is 4.98 Å². The maximum absolute atomic E-state index is 10.8. The second-order valence-electron chi connectivity index (χ2n) is 6.65. The summed E-state index contributed by atoms with van der Waals surface area (Å²) >= 11 is 0. The number of anilines is 1. The summed E-state index contributed by atoms with van der Waals surface area (Å²) in [5.41, 5.74) is 0.960. The molecule has 0 fully saturated rings. The van der Waals surface area contributed by atoms with E-state index in [1.807, 2.05) is 42.5 Å². The first-order valence-corrected chi connectivity index (χ1v) is 8.57. The number of pyridine rings is 1. The van der Waals surface area contributed by atoms with Gasteiger partial charge in [-0.1, -0.05) is 32.0 Å². The molecule has 0 unspecified atom stereocenters. The number of carbonyl (C=O) groups is 1. The van der Waals surface area contributed by atoms with Crippen molar-refractivity contribution in [1.29, 1.82) is 0 Å². The average Bonchev–Trinajstić information content (AvgIpc) is 2.61. The molecule has 5 nitrogen and oxygen atoms in total. The molecular formula is C20H26N2O3. The summed E-state index contributed by atoms with van der Waals surface area (Å²) in [7, 11) is 0. The van der Waals surface area contributed by atoms with Crippen molar-refractivity contribution in [3.8, 4) is 5.75 Å². The van der Waals surface area contributed by atoms with Gasteiger partial charge in [0.25, 0.3) is 0 Å². The Morgan fingerprint density at radius 2 is 1.96 bits per heavy atom. The van der Waals surface area contributed by atoms with Crippen LogP contribution in [0, 0.1) is 0 Å². The number of hydrogen-bond donors (Lipinski definition) is 2. The normalized spacial score (nSPS) is 11.1. The SMILES string of the molecule is CC(C)(CCC(=O)O)c1ccc(OCCCNc2ccccn2)cc1. The zero-order valence-corrected chi connectivity index (χ0v) is 14.9. The van der Waals surface area contributed by atoms with Crippen molar-refractivity contribution >= 4 is 11.8 Å². The highest BCUT2D eigenvalue weighted by Gasteiger charge is 2.21. The third-order valence-corrected chi connectivity index (χ3v) is 4.16. The Labute approximate surface area is 149 Å². The van der Waals surface area contributed by atoms with E-state index >= 15 is 0 Å². The van der Waals surface area contributed by atoms with Crippen molar-refractivity contribution in [2.45, 2.75) is 38.5 Å². The highest BCUT2D eigenvalue weighted by atomic mass is 16.5. The zero-order chi connectivity index (χ0) is 18.1. The van der Waals surface area contributed by atoms with Crippen LogP contribution in [0.4, 0.5) is 5.82 Å². The number of aliphatic carboxylic acids is 1. The van der Waals surface area contributed by atoms with Crippen LogP contribution in [0.1, 0.15) is 38.7 Å². The van der Waals surface area contributed by atoms with Gasteiger partial charge in [0, 0.05) is 19.2 Å². The quantitative estimate of drug-likeness (QED) is 0.636. The molecule has 0 radical (unpaired) electrons. The van der Waals surface area contributed by atoms with Crippen LogP contribution in [-0.2, 0) is 10.2 Å². The minimum Gasteiger partial charge on any atom is -0.494 e. The predicted molar refractivity (Wildman–Crippen MR) is 99.2 cm³/mol. The highest BCUT2D eigenvalue weighted by Crippen LogP contribution is 2.29. The van der Waals surface area contributed by atoms with Crippen LogP contribution in [0.3, 0.4) is 0 Å². The Morgan fingerprint density at radius 1 is 1.20 bits per heavy atom. The Balaban J connectivity index is 1.73. The molecular weight excluding hydrogens is 316 g/mol. The third kappa shape index (κ3) is 6.45. The number of carboxylic acids is 1. The topological polar surface area (TPSA) is 71.5 Å². The lowest BCUT2D eigenvalue weighted by Crippen LogP contribution is -2.18. The van der Waals surface area contributed by atoms with E-state index in [-0.39, 0.29) is 11.8 Å². The van der Waals surface area contributed by atoms with Crippen molar-refractivity contribution < 1.29 is 14.6 Å². The Kier molecular flexibility index (Phi) is 6.81. The fourth-order valence-electron chi connectivity index (χ4n) is 2.51. The molecule has 2 aromatic rings. The summed E-state index contributed by atoms with van der Waals surface area (Å²) in [5, 5.41) is 12.1. The van der Waals surface area contributed by atoms with Gasteiger partial charge < -0.3 is 15.2 Å². The molecule has 2 N–H and O–H groups in total. The number of carboxylic acid groups (broad SMARTS) is 1. The number of hydrogen-bond acceptors (Lipinski definition) is 4. The summed E-state index contributed by atoms with van der Waals surface area (Å²) in [6.45, 7) is 5.56. The van der Waals surface area contributed by atoms with E-state index in [1.54, 1.807) is 6.20 Å². The van der Waals surface area contributed by atoms with E-state index in [0.717, 1.165) is 30.1 Å². The van der Waals surface area contributed by atoms with E-state index in [4.69, 9.17) is 9.84 Å². The second-order valence-corrected chi connectivity index (χ2v) is 6.65. The molecule has 5 heteroatoms.